The Hall–Kier alpha value is -3.82. The lowest BCUT2D eigenvalue weighted by Crippen LogP contribution is -2.07. The Balaban J connectivity index is 0.000000212. The highest BCUT2D eigenvalue weighted by Crippen LogP contribution is 2.36. The first-order chi connectivity index (χ1) is 16.9. The van der Waals surface area contributed by atoms with Crippen molar-refractivity contribution in [3.05, 3.63) is 118 Å². The Bertz CT molecular complexity index is 1410. The molecule has 0 aromatic heterocycles. The first kappa shape index (κ1) is 26.8. The zero-order chi connectivity index (χ0) is 26.9. The van der Waals surface area contributed by atoms with Crippen molar-refractivity contribution in [2.75, 3.05) is 0 Å². The molecule has 0 aliphatic heterocycles. The van der Waals surface area contributed by atoms with Crippen LogP contribution in [-0.4, -0.2) is 0 Å². The molecule has 0 radical (unpaired) electrons. The van der Waals surface area contributed by atoms with Crippen LogP contribution in [0.25, 0.3) is 22.3 Å². The van der Waals surface area contributed by atoms with Gasteiger partial charge in [-0.1, -0.05) is 30.3 Å². The van der Waals surface area contributed by atoms with Crippen LogP contribution in [0.4, 0.5) is 43.9 Å². The molecular weight excluding hydrogens is 502 g/mol. The summed E-state index contributed by atoms with van der Waals surface area (Å²) >= 11 is 0. The third kappa shape index (κ3) is 4.93. The van der Waals surface area contributed by atoms with Crippen LogP contribution < -0.4 is 0 Å². The Labute approximate surface area is 198 Å². The average molecular weight is 516 g/mol. The number of rotatable bonds is 2. The third-order valence-corrected chi connectivity index (χ3v) is 5.13. The maximum Gasteiger partial charge on any atom is 0.170 e. The molecule has 0 heterocycles. The molecule has 0 saturated carbocycles. The molecule has 0 spiro atoms. The van der Waals surface area contributed by atoms with Gasteiger partial charge in [0.1, 0.15) is 11.6 Å². The number of halogens is 10. The molecule has 0 bridgehead atoms. The second-order valence-electron chi connectivity index (χ2n) is 7.56. The molecule has 0 atom stereocenters. The maximum atomic E-state index is 13.7. The summed E-state index contributed by atoms with van der Waals surface area (Å²) in [5.74, 6) is -17.2. The minimum absolute atomic E-state index is 0.203. The average Bonchev–Trinajstić information content (AvgIpc) is 2.83. The van der Waals surface area contributed by atoms with E-state index in [-0.39, 0.29) is 11.9 Å². The summed E-state index contributed by atoms with van der Waals surface area (Å²) < 4.78 is 134. The van der Waals surface area contributed by atoms with Crippen LogP contribution in [-0.2, 0) is 0 Å². The highest BCUT2D eigenvalue weighted by Gasteiger charge is 2.30. The minimum Gasteiger partial charge on any atom is -0.206 e. The summed E-state index contributed by atoms with van der Waals surface area (Å²) in [5.41, 5.74) is -3.36. The van der Waals surface area contributed by atoms with Crippen LogP contribution in [0.5, 0.6) is 0 Å². The van der Waals surface area contributed by atoms with E-state index in [4.69, 9.17) is 0 Å². The molecule has 0 fully saturated rings. The van der Waals surface area contributed by atoms with Gasteiger partial charge in [-0.2, -0.15) is 0 Å². The van der Waals surface area contributed by atoms with Crippen molar-refractivity contribution in [2.24, 2.45) is 0 Å². The summed E-state index contributed by atoms with van der Waals surface area (Å²) in [6, 6.07) is 10.8. The Morgan fingerprint density at radius 3 is 1.39 bits per heavy atom. The van der Waals surface area contributed by atoms with Gasteiger partial charge in [0, 0.05) is 22.8 Å². The standard InChI is InChI=1S/C13H4F8.C13H10F2/c1-3-8(16)12(20)7(13(21)9(3)17)6-10(18)4(14)2-5(15)11(6)19;1-9-6-7-11(13(15)8-9)10-4-2-3-5-12(10)14/h2H,1H3;2-8H,1H3. The lowest BCUT2D eigenvalue weighted by molar-refractivity contribution is 0.437. The summed E-state index contributed by atoms with van der Waals surface area (Å²) in [6.45, 7) is 2.48. The molecular formula is C26H14F10. The van der Waals surface area contributed by atoms with Crippen LogP contribution in [0.2, 0.25) is 0 Å². The summed E-state index contributed by atoms with van der Waals surface area (Å²) in [4.78, 5) is 0. The number of hydrogen-bond donors (Lipinski definition) is 0. The molecule has 0 aliphatic rings. The van der Waals surface area contributed by atoms with Gasteiger partial charge >= 0.3 is 0 Å². The van der Waals surface area contributed by atoms with E-state index in [0.29, 0.717) is 18.1 Å². The molecule has 0 amide bonds. The second kappa shape index (κ2) is 10.4. The quantitative estimate of drug-likeness (QED) is 0.185. The van der Waals surface area contributed by atoms with Gasteiger partial charge in [0.2, 0.25) is 0 Å². The van der Waals surface area contributed by atoms with Crippen molar-refractivity contribution in [3.63, 3.8) is 0 Å². The van der Waals surface area contributed by atoms with Gasteiger partial charge < -0.3 is 0 Å². The van der Waals surface area contributed by atoms with Gasteiger partial charge in [0.15, 0.2) is 46.5 Å². The molecule has 4 aromatic carbocycles. The molecule has 0 N–H and O–H groups in total. The molecule has 0 saturated heterocycles. The van der Waals surface area contributed by atoms with E-state index in [1.165, 1.54) is 12.1 Å². The molecule has 10 heteroatoms. The Kier molecular flexibility index (Phi) is 7.76. The molecule has 4 rings (SSSR count). The fourth-order valence-corrected chi connectivity index (χ4v) is 3.27. The number of benzene rings is 4. The Morgan fingerprint density at radius 2 is 0.889 bits per heavy atom. The SMILES string of the molecule is Cc1c(F)c(F)c(-c2c(F)c(F)cc(F)c2F)c(F)c1F.Cc1ccc(-c2ccccc2F)c(F)c1. The van der Waals surface area contributed by atoms with E-state index in [2.05, 4.69) is 0 Å². The van der Waals surface area contributed by atoms with Gasteiger partial charge in [-0.3, -0.25) is 0 Å². The third-order valence-electron chi connectivity index (χ3n) is 5.13. The van der Waals surface area contributed by atoms with E-state index >= 15 is 0 Å². The van der Waals surface area contributed by atoms with E-state index < -0.39 is 69.0 Å². The van der Waals surface area contributed by atoms with Crippen molar-refractivity contribution < 1.29 is 43.9 Å². The normalized spacial score (nSPS) is 10.8. The molecule has 188 valence electrons. The first-order valence-corrected chi connectivity index (χ1v) is 10.0. The monoisotopic (exact) mass is 516 g/mol. The van der Waals surface area contributed by atoms with Crippen molar-refractivity contribution in [1.82, 2.24) is 0 Å². The van der Waals surface area contributed by atoms with Gasteiger partial charge in [0.25, 0.3) is 0 Å². The van der Waals surface area contributed by atoms with Crippen molar-refractivity contribution >= 4 is 0 Å². The van der Waals surface area contributed by atoms with Gasteiger partial charge in [0.05, 0.1) is 11.1 Å². The Morgan fingerprint density at radius 1 is 0.417 bits per heavy atom. The predicted octanol–water partition coefficient (Wildman–Crippen LogP) is 8.72. The number of hydrogen-bond acceptors (Lipinski definition) is 0. The fourth-order valence-electron chi connectivity index (χ4n) is 3.27. The molecule has 0 nitrogen and oxygen atoms in total. The summed E-state index contributed by atoms with van der Waals surface area (Å²) in [7, 11) is 0. The highest BCUT2D eigenvalue weighted by molar-refractivity contribution is 5.68. The van der Waals surface area contributed by atoms with Crippen LogP contribution in [0.3, 0.4) is 0 Å². The predicted molar refractivity (Wildman–Crippen MR) is 113 cm³/mol. The number of aryl methyl sites for hydroxylation is 1. The van der Waals surface area contributed by atoms with Crippen molar-refractivity contribution in [1.29, 1.82) is 0 Å². The summed E-state index contributed by atoms with van der Waals surface area (Å²) in [6.07, 6.45) is 0. The fraction of sp³-hybridized carbons (Fsp3) is 0.0769. The van der Waals surface area contributed by atoms with Crippen LogP contribution >= 0.6 is 0 Å². The second-order valence-corrected chi connectivity index (χ2v) is 7.56. The first-order valence-electron chi connectivity index (χ1n) is 10.0. The zero-order valence-electron chi connectivity index (χ0n) is 18.4. The van der Waals surface area contributed by atoms with Crippen LogP contribution in [0.1, 0.15) is 11.1 Å². The van der Waals surface area contributed by atoms with E-state index in [1.54, 1.807) is 37.3 Å². The largest absolute Gasteiger partial charge is 0.206 e. The molecule has 36 heavy (non-hydrogen) atoms. The van der Waals surface area contributed by atoms with Crippen molar-refractivity contribution in [3.8, 4) is 22.3 Å². The van der Waals surface area contributed by atoms with Gasteiger partial charge in [-0.25, -0.2) is 43.9 Å². The van der Waals surface area contributed by atoms with E-state index in [0.717, 1.165) is 5.56 Å². The highest BCUT2D eigenvalue weighted by atomic mass is 19.2. The molecule has 0 aliphatic carbocycles. The van der Waals surface area contributed by atoms with E-state index in [1.807, 2.05) is 0 Å². The minimum atomic E-state index is -2.17. The molecule has 0 unspecified atom stereocenters. The molecule has 4 aromatic rings. The lowest BCUT2D eigenvalue weighted by atomic mass is 10.00. The van der Waals surface area contributed by atoms with Crippen molar-refractivity contribution in [2.45, 2.75) is 13.8 Å². The topological polar surface area (TPSA) is 0 Å². The lowest BCUT2D eigenvalue weighted by Gasteiger charge is -2.12. The maximum absolute atomic E-state index is 13.7. The smallest absolute Gasteiger partial charge is 0.170 e. The zero-order valence-corrected chi connectivity index (χ0v) is 18.4. The van der Waals surface area contributed by atoms with Crippen LogP contribution in [0.15, 0.2) is 48.5 Å². The van der Waals surface area contributed by atoms with Gasteiger partial charge in [-0.15, -0.1) is 0 Å². The van der Waals surface area contributed by atoms with Crippen LogP contribution in [0, 0.1) is 72.0 Å². The van der Waals surface area contributed by atoms with E-state index in [9.17, 15) is 43.9 Å². The van der Waals surface area contributed by atoms with Gasteiger partial charge in [-0.05, 0) is 31.5 Å². The summed E-state index contributed by atoms with van der Waals surface area (Å²) in [5, 5.41) is 0.